The molecule has 15 heavy (non-hydrogen) atoms. The largest absolute Gasteiger partial charge is 0.447 e. The maximum Gasteiger partial charge on any atom is 0.416 e. The first-order valence-electron chi connectivity index (χ1n) is 4.59. The molecule has 0 bridgehead atoms. The lowest BCUT2D eigenvalue weighted by molar-refractivity contribution is -0.133. The molecule has 6 heteroatoms. The number of halogens is 1. The summed E-state index contributed by atoms with van der Waals surface area (Å²) in [6, 6.07) is 0. The van der Waals surface area contributed by atoms with E-state index in [0.717, 1.165) is 4.90 Å². The van der Waals surface area contributed by atoms with Crippen molar-refractivity contribution in [1.82, 2.24) is 4.90 Å². The Balaban J connectivity index is 2.63. The van der Waals surface area contributed by atoms with E-state index in [1.807, 2.05) is 22.6 Å². The minimum absolute atomic E-state index is 0.0439. The van der Waals surface area contributed by atoms with E-state index in [1.165, 1.54) is 6.92 Å². The molecule has 1 atom stereocenters. The fourth-order valence-corrected chi connectivity index (χ4v) is 2.06. The molecule has 1 fully saturated rings. The second-order valence-electron chi connectivity index (χ2n) is 3.36. The summed E-state index contributed by atoms with van der Waals surface area (Å²) in [5.74, 6) is -0.756. The Morgan fingerprint density at radius 1 is 1.60 bits per heavy atom. The highest BCUT2D eigenvalue weighted by Crippen LogP contribution is 2.15. The van der Waals surface area contributed by atoms with Gasteiger partial charge in [0.1, 0.15) is 12.4 Å². The summed E-state index contributed by atoms with van der Waals surface area (Å²) in [5, 5.41) is 0. The van der Waals surface area contributed by atoms with E-state index in [1.54, 1.807) is 0 Å². The van der Waals surface area contributed by atoms with Gasteiger partial charge in [-0.2, -0.15) is 0 Å². The Bertz CT molecular complexity index is 292. The fourth-order valence-electron chi connectivity index (χ4n) is 1.37. The quantitative estimate of drug-likeness (QED) is 0.571. The number of carbonyl (C=O) groups excluding carboxylic acids is 3. The van der Waals surface area contributed by atoms with Gasteiger partial charge in [-0.1, -0.05) is 22.6 Å². The van der Waals surface area contributed by atoms with Gasteiger partial charge in [-0.3, -0.25) is 4.79 Å². The highest BCUT2D eigenvalue weighted by atomic mass is 127. The third-order valence-electron chi connectivity index (χ3n) is 2.10. The van der Waals surface area contributed by atoms with Gasteiger partial charge in [0, 0.05) is 10.8 Å². The molecule has 0 aromatic heterocycles. The first-order valence-corrected chi connectivity index (χ1v) is 6.12. The number of Topliss-reactive ketones (excluding diaryl/α,β-unsaturated/α-hetero) is 1. The van der Waals surface area contributed by atoms with Crippen LogP contribution in [0.15, 0.2) is 0 Å². The molecule has 0 spiro atoms. The average molecular weight is 325 g/mol. The zero-order valence-electron chi connectivity index (χ0n) is 8.36. The Labute approximate surface area is 101 Å². The number of hydrogen-bond donors (Lipinski definition) is 0. The van der Waals surface area contributed by atoms with Gasteiger partial charge in [0.2, 0.25) is 5.91 Å². The highest BCUT2D eigenvalue weighted by Gasteiger charge is 2.33. The summed E-state index contributed by atoms with van der Waals surface area (Å²) in [5.41, 5.74) is 0. The predicted molar refractivity (Wildman–Crippen MR) is 60.7 cm³/mol. The zero-order chi connectivity index (χ0) is 11.4. The molecule has 84 valence electrons. The molecule has 0 aromatic carbocycles. The molecular weight excluding hydrogens is 313 g/mol. The highest BCUT2D eigenvalue weighted by molar-refractivity contribution is 14.1. The summed E-state index contributed by atoms with van der Waals surface area (Å²) in [6.07, 6.45) is -0.413. The number of ether oxygens (including phenoxy) is 1. The SMILES string of the molecule is CC(=O)CC(CI)C(=O)N1CCOC1=O. The van der Waals surface area contributed by atoms with E-state index in [0.29, 0.717) is 11.0 Å². The smallest absolute Gasteiger partial charge is 0.416 e. The summed E-state index contributed by atoms with van der Waals surface area (Å²) in [7, 11) is 0. The minimum Gasteiger partial charge on any atom is -0.447 e. The number of hydrogen-bond acceptors (Lipinski definition) is 4. The van der Waals surface area contributed by atoms with E-state index in [-0.39, 0.29) is 24.7 Å². The minimum atomic E-state index is -0.599. The molecule has 1 rings (SSSR count). The van der Waals surface area contributed by atoms with E-state index in [2.05, 4.69) is 4.74 Å². The summed E-state index contributed by atoms with van der Waals surface area (Å²) in [6.45, 7) is 1.98. The molecule has 1 unspecified atom stereocenters. The first kappa shape index (κ1) is 12.4. The van der Waals surface area contributed by atoms with Gasteiger partial charge in [-0.05, 0) is 6.92 Å². The molecule has 5 nitrogen and oxygen atoms in total. The van der Waals surface area contributed by atoms with Crippen LogP contribution in [0.5, 0.6) is 0 Å². The van der Waals surface area contributed by atoms with Crippen molar-refractivity contribution in [3.8, 4) is 0 Å². The van der Waals surface area contributed by atoms with Crippen LogP contribution in [-0.2, 0) is 14.3 Å². The van der Waals surface area contributed by atoms with Crippen molar-refractivity contribution in [2.45, 2.75) is 13.3 Å². The van der Waals surface area contributed by atoms with E-state index >= 15 is 0 Å². The molecule has 0 N–H and O–H groups in total. The number of carbonyl (C=O) groups is 3. The van der Waals surface area contributed by atoms with Crippen LogP contribution >= 0.6 is 22.6 Å². The third kappa shape index (κ3) is 3.15. The van der Waals surface area contributed by atoms with Gasteiger partial charge in [0.05, 0.1) is 12.5 Å². The van der Waals surface area contributed by atoms with Crippen LogP contribution < -0.4 is 0 Å². The third-order valence-corrected chi connectivity index (χ3v) is 3.16. The number of ketones is 1. The standard InChI is InChI=1S/C9H12INO4/c1-6(12)4-7(5-10)8(13)11-2-3-15-9(11)14/h7H,2-5H2,1H3. The van der Waals surface area contributed by atoms with E-state index < -0.39 is 12.0 Å². The number of amides is 2. The monoisotopic (exact) mass is 325 g/mol. The van der Waals surface area contributed by atoms with Crippen LogP contribution in [0.1, 0.15) is 13.3 Å². The Morgan fingerprint density at radius 2 is 2.27 bits per heavy atom. The summed E-state index contributed by atoms with van der Waals surface area (Å²) < 4.78 is 5.19. The van der Waals surface area contributed by atoms with Crippen LogP contribution in [0.2, 0.25) is 0 Å². The number of cyclic esters (lactones) is 1. The molecule has 0 aliphatic carbocycles. The van der Waals surface area contributed by atoms with Crippen LogP contribution in [0, 0.1) is 5.92 Å². The van der Waals surface area contributed by atoms with Gasteiger partial charge in [0.15, 0.2) is 0 Å². The molecular formula is C9H12INO4. The van der Waals surface area contributed by atoms with E-state index in [9.17, 15) is 14.4 Å². The van der Waals surface area contributed by atoms with Crippen LogP contribution in [0.25, 0.3) is 0 Å². The zero-order valence-corrected chi connectivity index (χ0v) is 10.5. The van der Waals surface area contributed by atoms with Crippen molar-refractivity contribution in [2.75, 3.05) is 17.6 Å². The van der Waals surface area contributed by atoms with Gasteiger partial charge in [0.25, 0.3) is 0 Å². The van der Waals surface area contributed by atoms with Crippen LogP contribution in [0.4, 0.5) is 4.79 Å². The van der Waals surface area contributed by atoms with Crippen LogP contribution in [-0.4, -0.2) is 40.3 Å². The Morgan fingerprint density at radius 3 is 2.67 bits per heavy atom. The lowest BCUT2D eigenvalue weighted by Gasteiger charge is -2.17. The Hall–Kier alpha value is -0.660. The molecule has 2 amide bonds. The van der Waals surface area contributed by atoms with Crippen molar-refractivity contribution in [1.29, 1.82) is 0 Å². The Kier molecular flexibility index (Phi) is 4.49. The number of rotatable bonds is 4. The maximum absolute atomic E-state index is 11.8. The number of imide groups is 1. The number of nitrogens with zero attached hydrogens (tertiary/aromatic N) is 1. The second-order valence-corrected chi connectivity index (χ2v) is 4.24. The average Bonchev–Trinajstić information content (AvgIpc) is 2.59. The molecule has 1 heterocycles. The van der Waals surface area contributed by atoms with Crippen molar-refractivity contribution in [2.24, 2.45) is 5.92 Å². The predicted octanol–water partition coefficient (Wildman–Crippen LogP) is 0.996. The van der Waals surface area contributed by atoms with Crippen molar-refractivity contribution in [3.05, 3.63) is 0 Å². The van der Waals surface area contributed by atoms with E-state index in [4.69, 9.17) is 0 Å². The first-order chi connectivity index (χ1) is 7.06. The van der Waals surface area contributed by atoms with Crippen molar-refractivity contribution in [3.63, 3.8) is 0 Å². The molecule has 1 aliphatic rings. The topological polar surface area (TPSA) is 63.7 Å². The van der Waals surface area contributed by atoms with Gasteiger partial charge >= 0.3 is 6.09 Å². The van der Waals surface area contributed by atoms with Gasteiger partial charge < -0.3 is 9.53 Å². The molecule has 0 radical (unpaired) electrons. The normalized spacial score (nSPS) is 17.5. The lowest BCUT2D eigenvalue weighted by Crippen LogP contribution is -2.38. The van der Waals surface area contributed by atoms with Crippen LogP contribution in [0.3, 0.4) is 0 Å². The summed E-state index contributed by atoms with van der Waals surface area (Å²) in [4.78, 5) is 34.9. The maximum atomic E-state index is 11.8. The molecule has 1 saturated heterocycles. The molecule has 1 aliphatic heterocycles. The van der Waals surface area contributed by atoms with Crippen molar-refractivity contribution < 1.29 is 19.1 Å². The van der Waals surface area contributed by atoms with Crippen molar-refractivity contribution >= 4 is 40.4 Å². The fraction of sp³-hybridized carbons (Fsp3) is 0.667. The summed E-state index contributed by atoms with van der Waals surface area (Å²) >= 11 is 2.04. The lowest BCUT2D eigenvalue weighted by atomic mass is 10.0. The van der Waals surface area contributed by atoms with Gasteiger partial charge in [-0.15, -0.1) is 0 Å². The number of alkyl halides is 1. The molecule has 0 aromatic rings. The molecule has 0 saturated carbocycles. The second kappa shape index (κ2) is 5.43. The van der Waals surface area contributed by atoms with Gasteiger partial charge in [-0.25, -0.2) is 9.69 Å².